The fourth-order valence-electron chi connectivity index (χ4n) is 1.87. The number of nitrogens with zero attached hydrogens (tertiary/aromatic N) is 2. The van der Waals surface area contributed by atoms with E-state index < -0.39 is 0 Å². The van der Waals surface area contributed by atoms with Gasteiger partial charge in [0, 0.05) is 25.5 Å². The van der Waals surface area contributed by atoms with E-state index in [0.29, 0.717) is 5.41 Å². The highest BCUT2D eigenvalue weighted by atomic mass is 15.2. The summed E-state index contributed by atoms with van der Waals surface area (Å²) in [5.41, 5.74) is 0.552. The zero-order valence-electron chi connectivity index (χ0n) is 9.25. The molecule has 1 aromatic rings. The molecule has 0 bridgehead atoms. The van der Waals surface area contributed by atoms with Crippen molar-refractivity contribution in [3.63, 3.8) is 0 Å². The van der Waals surface area contributed by atoms with Crippen LogP contribution in [0.3, 0.4) is 0 Å². The summed E-state index contributed by atoms with van der Waals surface area (Å²) in [7, 11) is 0. The van der Waals surface area contributed by atoms with Crippen LogP contribution in [0.5, 0.6) is 0 Å². The minimum absolute atomic E-state index is 0.552. The normalized spacial score (nSPS) is 23.5. The number of hydrogen-bond acceptors (Lipinski definition) is 2. The summed E-state index contributed by atoms with van der Waals surface area (Å²) in [5, 5.41) is 3.41. The quantitative estimate of drug-likeness (QED) is 0.795. The number of hydrogen-bond donors (Lipinski definition) is 1. The van der Waals surface area contributed by atoms with Crippen molar-refractivity contribution >= 4 is 5.95 Å². The topological polar surface area (TPSA) is 29.9 Å². The van der Waals surface area contributed by atoms with Crippen LogP contribution in [-0.2, 0) is 6.54 Å². The standard InChI is InChI=1S/C11H19N3/c1-4-14-6-5-12-10(14)13-8-9-7-11(9,2)3/h5-6,9H,4,7-8H2,1-3H3,(H,12,13). The minimum Gasteiger partial charge on any atom is -0.355 e. The van der Waals surface area contributed by atoms with Crippen LogP contribution in [0.15, 0.2) is 12.4 Å². The molecule has 1 fully saturated rings. The van der Waals surface area contributed by atoms with E-state index in [1.807, 2.05) is 12.4 Å². The predicted octanol–water partition coefficient (Wildman–Crippen LogP) is 2.36. The van der Waals surface area contributed by atoms with Gasteiger partial charge in [-0.05, 0) is 24.7 Å². The average Bonchev–Trinajstić information content (AvgIpc) is 2.62. The Morgan fingerprint density at radius 2 is 2.36 bits per heavy atom. The first-order chi connectivity index (χ1) is 6.63. The fraction of sp³-hybridized carbons (Fsp3) is 0.727. The van der Waals surface area contributed by atoms with Crippen molar-refractivity contribution in [1.82, 2.24) is 9.55 Å². The van der Waals surface area contributed by atoms with Crippen molar-refractivity contribution in [1.29, 1.82) is 0 Å². The maximum absolute atomic E-state index is 4.29. The monoisotopic (exact) mass is 193 g/mol. The Morgan fingerprint density at radius 3 is 2.93 bits per heavy atom. The van der Waals surface area contributed by atoms with E-state index in [9.17, 15) is 0 Å². The maximum Gasteiger partial charge on any atom is 0.202 e. The largest absolute Gasteiger partial charge is 0.355 e. The zero-order valence-corrected chi connectivity index (χ0v) is 9.25. The Balaban J connectivity index is 1.87. The van der Waals surface area contributed by atoms with Gasteiger partial charge in [-0.2, -0.15) is 0 Å². The lowest BCUT2D eigenvalue weighted by Crippen LogP contribution is -2.11. The Kier molecular flexibility index (Phi) is 2.25. The summed E-state index contributed by atoms with van der Waals surface area (Å²) >= 11 is 0. The third-order valence-corrected chi connectivity index (χ3v) is 3.28. The molecule has 3 nitrogen and oxygen atoms in total. The molecule has 0 aromatic carbocycles. The van der Waals surface area contributed by atoms with E-state index in [4.69, 9.17) is 0 Å². The highest BCUT2D eigenvalue weighted by molar-refractivity contribution is 5.26. The van der Waals surface area contributed by atoms with Gasteiger partial charge in [-0.3, -0.25) is 0 Å². The lowest BCUT2D eigenvalue weighted by Gasteiger charge is -2.08. The van der Waals surface area contributed by atoms with E-state index in [0.717, 1.165) is 25.0 Å². The van der Waals surface area contributed by atoms with Crippen LogP contribution >= 0.6 is 0 Å². The first kappa shape index (κ1) is 9.56. The van der Waals surface area contributed by atoms with Gasteiger partial charge in [0.2, 0.25) is 5.95 Å². The average molecular weight is 193 g/mol. The number of nitrogens with one attached hydrogen (secondary N) is 1. The van der Waals surface area contributed by atoms with Gasteiger partial charge in [-0.1, -0.05) is 13.8 Å². The number of aromatic nitrogens is 2. The predicted molar refractivity (Wildman–Crippen MR) is 58.3 cm³/mol. The molecule has 3 heteroatoms. The molecule has 1 aliphatic carbocycles. The number of anilines is 1. The third kappa shape index (κ3) is 1.76. The fourth-order valence-corrected chi connectivity index (χ4v) is 1.87. The van der Waals surface area contributed by atoms with Crippen molar-refractivity contribution in [3.8, 4) is 0 Å². The van der Waals surface area contributed by atoms with Crippen LogP contribution in [0.25, 0.3) is 0 Å². The Bertz CT molecular complexity index is 314. The molecule has 1 N–H and O–H groups in total. The maximum atomic E-state index is 4.29. The van der Waals surface area contributed by atoms with Crippen molar-refractivity contribution in [2.45, 2.75) is 33.7 Å². The molecule has 14 heavy (non-hydrogen) atoms. The van der Waals surface area contributed by atoms with Crippen molar-refractivity contribution in [2.24, 2.45) is 11.3 Å². The summed E-state index contributed by atoms with van der Waals surface area (Å²) in [6, 6.07) is 0. The van der Waals surface area contributed by atoms with Crippen molar-refractivity contribution < 1.29 is 0 Å². The zero-order chi connectivity index (χ0) is 10.2. The second kappa shape index (κ2) is 3.30. The van der Waals surface area contributed by atoms with Crippen LogP contribution in [-0.4, -0.2) is 16.1 Å². The van der Waals surface area contributed by atoms with Crippen LogP contribution in [0.2, 0.25) is 0 Å². The Hall–Kier alpha value is -0.990. The molecule has 78 valence electrons. The lowest BCUT2D eigenvalue weighted by atomic mass is 10.1. The summed E-state index contributed by atoms with van der Waals surface area (Å²) in [6.07, 6.45) is 5.21. The molecule has 2 rings (SSSR count). The molecule has 0 aliphatic heterocycles. The van der Waals surface area contributed by atoms with Gasteiger partial charge >= 0.3 is 0 Å². The molecule has 1 aliphatic rings. The molecule has 1 heterocycles. The summed E-state index contributed by atoms with van der Waals surface area (Å²) in [4.78, 5) is 4.29. The SMILES string of the molecule is CCn1ccnc1NCC1CC1(C)C. The van der Waals surface area contributed by atoms with Gasteiger partial charge < -0.3 is 9.88 Å². The summed E-state index contributed by atoms with van der Waals surface area (Å²) in [6.45, 7) is 8.83. The Labute approximate surface area is 85.5 Å². The van der Waals surface area contributed by atoms with Gasteiger partial charge in [0.25, 0.3) is 0 Å². The molecule has 1 atom stereocenters. The first-order valence-corrected chi connectivity index (χ1v) is 5.38. The lowest BCUT2D eigenvalue weighted by molar-refractivity contribution is 0.571. The summed E-state index contributed by atoms with van der Waals surface area (Å²) < 4.78 is 2.13. The van der Waals surface area contributed by atoms with Crippen LogP contribution in [0.1, 0.15) is 27.2 Å². The number of aryl methyl sites for hydroxylation is 1. The highest BCUT2D eigenvalue weighted by Crippen LogP contribution is 2.51. The molecule has 1 aromatic heterocycles. The Morgan fingerprint density at radius 1 is 1.64 bits per heavy atom. The third-order valence-electron chi connectivity index (χ3n) is 3.28. The molecule has 0 saturated heterocycles. The molecule has 0 radical (unpaired) electrons. The molecule has 0 spiro atoms. The molecule has 1 unspecified atom stereocenters. The smallest absolute Gasteiger partial charge is 0.202 e. The van der Waals surface area contributed by atoms with Crippen LogP contribution in [0, 0.1) is 11.3 Å². The number of imidazole rings is 1. The summed E-state index contributed by atoms with van der Waals surface area (Å²) in [5.74, 6) is 1.83. The van der Waals surface area contributed by atoms with E-state index in [1.165, 1.54) is 6.42 Å². The highest BCUT2D eigenvalue weighted by Gasteiger charge is 2.45. The van der Waals surface area contributed by atoms with Gasteiger partial charge in [-0.25, -0.2) is 4.98 Å². The molecule has 0 amide bonds. The second-order valence-electron chi connectivity index (χ2n) is 4.81. The first-order valence-electron chi connectivity index (χ1n) is 5.38. The van der Waals surface area contributed by atoms with Crippen molar-refractivity contribution in [3.05, 3.63) is 12.4 Å². The van der Waals surface area contributed by atoms with Gasteiger partial charge in [0.15, 0.2) is 0 Å². The minimum atomic E-state index is 0.552. The molecule has 1 saturated carbocycles. The number of rotatable bonds is 4. The van der Waals surface area contributed by atoms with Gasteiger partial charge in [0.05, 0.1) is 0 Å². The van der Waals surface area contributed by atoms with Crippen LogP contribution in [0.4, 0.5) is 5.95 Å². The second-order valence-corrected chi connectivity index (χ2v) is 4.81. The van der Waals surface area contributed by atoms with E-state index in [1.54, 1.807) is 0 Å². The van der Waals surface area contributed by atoms with Gasteiger partial charge in [-0.15, -0.1) is 0 Å². The molecular formula is C11H19N3. The van der Waals surface area contributed by atoms with E-state index in [2.05, 4.69) is 35.6 Å². The van der Waals surface area contributed by atoms with E-state index in [-0.39, 0.29) is 0 Å². The van der Waals surface area contributed by atoms with Crippen LogP contribution < -0.4 is 5.32 Å². The van der Waals surface area contributed by atoms with Gasteiger partial charge in [0.1, 0.15) is 0 Å². The molecular weight excluding hydrogens is 174 g/mol. The van der Waals surface area contributed by atoms with E-state index >= 15 is 0 Å². The van der Waals surface area contributed by atoms with Crippen molar-refractivity contribution in [2.75, 3.05) is 11.9 Å².